The predicted molar refractivity (Wildman–Crippen MR) is 189 cm³/mol. The van der Waals surface area contributed by atoms with Gasteiger partial charge in [-0.1, -0.05) is 45.8 Å². The molecule has 5 heterocycles. The first-order chi connectivity index (χ1) is 24.6. The Balaban J connectivity index is 0.968. The molecule has 4 aliphatic rings. The van der Waals surface area contributed by atoms with Crippen molar-refractivity contribution in [3.05, 3.63) is 57.3 Å². The Morgan fingerprint density at radius 1 is 1.08 bits per heavy atom. The first-order valence-electron chi connectivity index (χ1n) is 16.9. The quantitative estimate of drug-likeness (QED) is 0.177. The van der Waals surface area contributed by atoms with Crippen molar-refractivity contribution in [2.24, 2.45) is 0 Å². The summed E-state index contributed by atoms with van der Waals surface area (Å²) < 4.78 is 66.5. The van der Waals surface area contributed by atoms with Gasteiger partial charge in [-0.05, 0) is 63.8 Å². The van der Waals surface area contributed by atoms with Crippen LogP contribution in [0.25, 0.3) is 21.5 Å². The Bertz CT molecular complexity index is 2040. The maximum atomic E-state index is 13.2. The van der Waals surface area contributed by atoms with Crippen LogP contribution >= 0.6 is 34.5 Å². The number of rotatable bonds is 12. The van der Waals surface area contributed by atoms with Crippen LogP contribution in [-0.4, -0.2) is 85.6 Å². The molecule has 0 bridgehead atoms. The van der Waals surface area contributed by atoms with E-state index in [4.69, 9.17) is 51.4 Å². The van der Waals surface area contributed by atoms with Crippen LogP contribution in [0.4, 0.5) is 0 Å². The molecule has 4 atom stereocenters. The van der Waals surface area contributed by atoms with Gasteiger partial charge < -0.3 is 28.2 Å². The molecular formula is C34H36Cl2N4O9S2. The summed E-state index contributed by atoms with van der Waals surface area (Å²) in [6.45, 7) is 5.24. The fraction of sp³-hybridized carbons (Fsp3) is 0.500. The Morgan fingerprint density at radius 2 is 1.78 bits per heavy atom. The van der Waals surface area contributed by atoms with E-state index in [9.17, 15) is 13.2 Å². The Hall–Kier alpha value is -3.02. The van der Waals surface area contributed by atoms with E-state index in [-0.39, 0.29) is 43.0 Å². The summed E-state index contributed by atoms with van der Waals surface area (Å²) in [5, 5.41) is 5.65. The minimum Gasteiger partial charge on any atom is -0.489 e. The highest BCUT2D eigenvalue weighted by atomic mass is 35.5. The van der Waals surface area contributed by atoms with Crippen LogP contribution in [0.15, 0.2) is 34.9 Å². The zero-order chi connectivity index (χ0) is 35.4. The van der Waals surface area contributed by atoms with Crippen molar-refractivity contribution >= 4 is 60.9 Å². The van der Waals surface area contributed by atoms with Crippen molar-refractivity contribution in [3.8, 4) is 22.2 Å². The van der Waals surface area contributed by atoms with Crippen LogP contribution < -0.4 is 14.2 Å². The highest BCUT2D eigenvalue weighted by molar-refractivity contribution is 7.87. The molecule has 1 aliphatic carbocycles. The number of carbonyl (C=O) groups excluding carboxylic acids is 1. The van der Waals surface area contributed by atoms with Crippen LogP contribution in [0, 0.1) is 0 Å². The highest BCUT2D eigenvalue weighted by Crippen LogP contribution is 2.46. The molecule has 0 unspecified atom stereocenters. The lowest BCUT2D eigenvalue weighted by molar-refractivity contribution is -0.0428. The fourth-order valence-electron chi connectivity index (χ4n) is 6.71. The summed E-state index contributed by atoms with van der Waals surface area (Å²) in [7, 11) is -3.96. The summed E-state index contributed by atoms with van der Waals surface area (Å²) in [6.07, 6.45) is 1.69. The maximum Gasteiger partial charge on any atom is 0.304 e. The molecule has 2 aromatic heterocycles. The average molecular weight is 780 g/mol. The summed E-state index contributed by atoms with van der Waals surface area (Å²) >= 11 is 14.3. The van der Waals surface area contributed by atoms with Crippen LogP contribution in [0.2, 0.25) is 10.0 Å². The van der Waals surface area contributed by atoms with E-state index in [0.29, 0.717) is 62.2 Å². The van der Waals surface area contributed by atoms with Gasteiger partial charge in [0.05, 0.1) is 40.7 Å². The van der Waals surface area contributed by atoms with Crippen molar-refractivity contribution in [1.29, 1.82) is 0 Å². The second kappa shape index (κ2) is 14.1. The van der Waals surface area contributed by atoms with E-state index >= 15 is 0 Å². The van der Waals surface area contributed by atoms with E-state index in [2.05, 4.69) is 14.9 Å². The van der Waals surface area contributed by atoms with E-state index in [0.717, 1.165) is 37.0 Å². The molecule has 1 saturated carbocycles. The van der Waals surface area contributed by atoms with Crippen LogP contribution in [0.3, 0.4) is 0 Å². The molecule has 13 nitrogen and oxygen atoms in total. The van der Waals surface area contributed by atoms with E-state index in [1.807, 2.05) is 13.8 Å². The molecule has 1 N–H and O–H groups in total. The molecule has 51 heavy (non-hydrogen) atoms. The van der Waals surface area contributed by atoms with E-state index < -0.39 is 28.3 Å². The smallest absolute Gasteiger partial charge is 0.304 e. The van der Waals surface area contributed by atoms with Crippen LogP contribution in [0.1, 0.15) is 67.1 Å². The van der Waals surface area contributed by atoms with Crippen molar-refractivity contribution in [2.45, 2.75) is 82.6 Å². The zero-order valence-electron chi connectivity index (χ0n) is 27.8. The number of aromatic nitrogens is 2. The molecule has 17 heteroatoms. The number of benzene rings is 2. The largest absolute Gasteiger partial charge is 0.489 e. The van der Waals surface area contributed by atoms with E-state index in [1.165, 1.54) is 21.7 Å². The van der Waals surface area contributed by atoms with Gasteiger partial charge in [-0.2, -0.15) is 17.7 Å². The number of carbonyl (C=O) groups is 1. The minimum atomic E-state index is -3.96. The predicted octanol–water partition coefficient (Wildman–Crippen LogP) is 6.12. The molecule has 272 valence electrons. The third-order valence-electron chi connectivity index (χ3n) is 9.31. The van der Waals surface area contributed by atoms with Crippen molar-refractivity contribution in [3.63, 3.8) is 0 Å². The molecule has 3 aliphatic heterocycles. The molecule has 3 saturated heterocycles. The van der Waals surface area contributed by atoms with Gasteiger partial charge in [0.15, 0.2) is 6.10 Å². The number of fused-ring (bicyclic) bond motifs is 2. The van der Waals surface area contributed by atoms with Crippen molar-refractivity contribution in [1.82, 2.24) is 19.2 Å². The lowest BCUT2D eigenvalue weighted by atomic mass is 10.0. The van der Waals surface area contributed by atoms with Gasteiger partial charge in [0.1, 0.15) is 41.0 Å². The van der Waals surface area contributed by atoms with Crippen LogP contribution in [0.5, 0.6) is 10.9 Å². The first-order valence-corrected chi connectivity index (χ1v) is 19.9. The number of halogens is 2. The number of ether oxygens (including phenoxy) is 5. The number of hydrogen-bond acceptors (Lipinski definition) is 12. The van der Waals surface area contributed by atoms with Gasteiger partial charge in [-0.3, -0.25) is 4.79 Å². The number of amides is 1. The molecular weight excluding hydrogens is 743 g/mol. The Kier molecular flexibility index (Phi) is 9.67. The summed E-state index contributed by atoms with van der Waals surface area (Å²) in [5.74, 6) is 0.673. The van der Waals surface area contributed by atoms with Gasteiger partial charge >= 0.3 is 10.2 Å². The van der Waals surface area contributed by atoms with Crippen molar-refractivity contribution in [2.75, 3.05) is 26.3 Å². The fourth-order valence-corrected chi connectivity index (χ4v) is 9.44. The number of thiazole rings is 1. The summed E-state index contributed by atoms with van der Waals surface area (Å²) in [4.78, 5) is 17.8. The topological polar surface area (TPSA) is 152 Å². The number of nitrogens with one attached hydrogen (secondary N) is 1. The number of nitrogens with zero attached hydrogens (tertiary/aromatic N) is 3. The van der Waals surface area contributed by atoms with E-state index in [1.54, 1.807) is 24.3 Å². The standard InChI is InChI=1S/C34H36Cl2N4O9S2/c1-17(2)47-23-12-19(33(41)39-51(42,43)40-10-3-4-11-40)13-26-29(23)37-34(50-26)48-25-16-46-31-24(15-45-32(25)31)44-14-20-28(38-49-30(20)18-8-9-18)27-21(35)6-5-7-22(27)36/h5-7,12-13,17-18,24-25,31-32H,3-4,8-11,14-16H2,1-2H3,(H,39,41)/t24-,25-,31-,32-/m1/s1. The molecule has 2 aromatic carbocycles. The monoisotopic (exact) mass is 778 g/mol. The summed E-state index contributed by atoms with van der Waals surface area (Å²) in [5.41, 5.74) is 2.64. The van der Waals surface area contributed by atoms with Gasteiger partial charge in [0, 0.05) is 35.7 Å². The molecule has 4 aromatic rings. The SMILES string of the molecule is CC(C)Oc1cc(C(=O)NS(=O)(=O)N2CCCC2)cc2sc(O[C@@H]3CO[C@H]4[C@@H]3OC[C@H]4OCc3c(-c4c(Cl)cccc4Cl)noc3C3CC3)nc12. The highest BCUT2D eigenvalue weighted by Gasteiger charge is 2.50. The van der Waals surface area contributed by atoms with Gasteiger partial charge in [-0.15, -0.1) is 0 Å². The van der Waals surface area contributed by atoms with Crippen LogP contribution in [-0.2, 0) is 31.0 Å². The van der Waals surface area contributed by atoms with Gasteiger partial charge in [0.2, 0.25) is 0 Å². The Labute approximate surface area is 308 Å². The van der Waals surface area contributed by atoms with Gasteiger partial charge in [0.25, 0.3) is 11.1 Å². The zero-order valence-corrected chi connectivity index (χ0v) is 30.9. The van der Waals surface area contributed by atoms with Gasteiger partial charge in [-0.25, -0.2) is 4.72 Å². The second-order valence-corrected chi connectivity index (χ2v) is 16.8. The third kappa shape index (κ3) is 7.07. The second-order valence-electron chi connectivity index (χ2n) is 13.4. The summed E-state index contributed by atoms with van der Waals surface area (Å²) in [6, 6.07) is 8.42. The molecule has 4 fully saturated rings. The number of hydrogen-bond donors (Lipinski definition) is 1. The first kappa shape index (κ1) is 35.0. The molecule has 1 amide bonds. The maximum absolute atomic E-state index is 13.2. The minimum absolute atomic E-state index is 0.136. The molecule has 8 rings (SSSR count). The average Bonchev–Trinajstić information content (AvgIpc) is 3.58. The normalized spacial score (nSPS) is 23.7. The lowest BCUT2D eigenvalue weighted by Gasteiger charge is -2.17. The van der Waals surface area contributed by atoms with Crippen molar-refractivity contribution < 1.29 is 41.4 Å². The molecule has 0 radical (unpaired) electrons. The third-order valence-corrected chi connectivity index (χ3v) is 12.3. The Morgan fingerprint density at radius 3 is 2.49 bits per heavy atom. The lowest BCUT2D eigenvalue weighted by Crippen LogP contribution is -2.42. The molecule has 0 spiro atoms.